The number of aryl methyl sites for hydroxylation is 1. The lowest BCUT2D eigenvalue weighted by Gasteiger charge is -2.37. The van der Waals surface area contributed by atoms with Crippen LogP contribution >= 0.6 is 0 Å². The molecule has 1 aromatic carbocycles. The minimum Gasteiger partial charge on any atom is -0.383 e. The molecule has 3 heteroatoms. The third-order valence-corrected chi connectivity index (χ3v) is 4.24. The molecule has 0 bridgehead atoms. The number of rotatable bonds is 7. The van der Waals surface area contributed by atoms with Gasteiger partial charge in [0.05, 0.1) is 6.61 Å². The van der Waals surface area contributed by atoms with Gasteiger partial charge < -0.3 is 14.8 Å². The van der Waals surface area contributed by atoms with Gasteiger partial charge in [0, 0.05) is 33.4 Å². The Morgan fingerprint density at radius 2 is 1.90 bits per heavy atom. The first-order valence-corrected chi connectivity index (χ1v) is 7.57. The Hall–Kier alpha value is -0.900. The zero-order chi connectivity index (χ0) is 14.3. The molecule has 0 unspecified atom stereocenters. The maximum atomic E-state index is 5.56. The summed E-state index contributed by atoms with van der Waals surface area (Å²) in [4.78, 5) is 0. The summed E-state index contributed by atoms with van der Waals surface area (Å²) in [6.45, 7) is 6.66. The minimum absolute atomic E-state index is 0.335. The van der Waals surface area contributed by atoms with E-state index in [1.165, 1.54) is 11.1 Å². The van der Waals surface area contributed by atoms with Gasteiger partial charge in [0.2, 0.25) is 0 Å². The van der Waals surface area contributed by atoms with Crippen LogP contribution < -0.4 is 5.32 Å². The molecule has 20 heavy (non-hydrogen) atoms. The monoisotopic (exact) mass is 277 g/mol. The quantitative estimate of drug-likeness (QED) is 0.777. The lowest BCUT2D eigenvalue weighted by molar-refractivity contribution is 0.0143. The summed E-state index contributed by atoms with van der Waals surface area (Å²) < 4.78 is 10.7. The molecule has 0 radical (unpaired) electrons. The zero-order valence-electron chi connectivity index (χ0n) is 12.8. The van der Waals surface area contributed by atoms with Crippen LogP contribution in [-0.2, 0) is 15.9 Å². The van der Waals surface area contributed by atoms with Gasteiger partial charge in [0.15, 0.2) is 0 Å². The molecule has 0 saturated carbocycles. The highest BCUT2D eigenvalue weighted by Crippen LogP contribution is 2.33. The highest BCUT2D eigenvalue weighted by atomic mass is 16.5. The number of ether oxygens (including phenoxy) is 2. The van der Waals surface area contributed by atoms with Gasteiger partial charge in [0.25, 0.3) is 0 Å². The molecule has 1 aliphatic heterocycles. The highest BCUT2D eigenvalue weighted by Gasteiger charge is 2.32. The van der Waals surface area contributed by atoms with E-state index < -0.39 is 0 Å². The van der Waals surface area contributed by atoms with Gasteiger partial charge in [-0.05, 0) is 37.2 Å². The van der Waals surface area contributed by atoms with Crippen LogP contribution in [0.5, 0.6) is 0 Å². The topological polar surface area (TPSA) is 30.5 Å². The van der Waals surface area contributed by atoms with Crippen LogP contribution in [0.15, 0.2) is 24.3 Å². The molecule has 112 valence electrons. The van der Waals surface area contributed by atoms with E-state index in [1.54, 1.807) is 7.11 Å². The van der Waals surface area contributed by atoms with E-state index in [1.807, 2.05) is 0 Å². The Morgan fingerprint density at radius 1 is 1.20 bits per heavy atom. The SMILES string of the molecule is COCCNCC1(Cc2ccc(C)cc2)CCOCC1. The van der Waals surface area contributed by atoms with Crippen LogP contribution in [0.4, 0.5) is 0 Å². The van der Waals surface area contributed by atoms with Crippen LogP contribution in [0, 0.1) is 12.3 Å². The first-order chi connectivity index (χ1) is 9.74. The molecule has 0 aliphatic carbocycles. The molecule has 0 spiro atoms. The summed E-state index contributed by atoms with van der Waals surface area (Å²) in [5, 5.41) is 3.55. The Morgan fingerprint density at radius 3 is 2.55 bits per heavy atom. The molecule has 2 rings (SSSR count). The van der Waals surface area contributed by atoms with E-state index in [0.29, 0.717) is 5.41 Å². The van der Waals surface area contributed by atoms with Crippen molar-refractivity contribution in [1.82, 2.24) is 5.32 Å². The van der Waals surface area contributed by atoms with Gasteiger partial charge in [0.1, 0.15) is 0 Å². The van der Waals surface area contributed by atoms with Crippen molar-refractivity contribution in [1.29, 1.82) is 0 Å². The second-order valence-corrected chi connectivity index (χ2v) is 5.94. The zero-order valence-corrected chi connectivity index (χ0v) is 12.8. The summed E-state index contributed by atoms with van der Waals surface area (Å²) in [6.07, 6.45) is 3.42. The molecule has 1 aromatic rings. The van der Waals surface area contributed by atoms with E-state index in [0.717, 1.165) is 52.2 Å². The minimum atomic E-state index is 0.335. The Kier molecular flexibility index (Phi) is 6.02. The molecule has 1 fully saturated rings. The average molecular weight is 277 g/mol. The predicted octanol–water partition coefficient (Wildman–Crippen LogP) is 2.57. The summed E-state index contributed by atoms with van der Waals surface area (Å²) >= 11 is 0. The fourth-order valence-corrected chi connectivity index (χ4v) is 2.89. The largest absolute Gasteiger partial charge is 0.383 e. The van der Waals surface area contributed by atoms with Crippen molar-refractivity contribution >= 4 is 0 Å². The van der Waals surface area contributed by atoms with Gasteiger partial charge >= 0.3 is 0 Å². The molecule has 1 aliphatic rings. The van der Waals surface area contributed by atoms with E-state index in [-0.39, 0.29) is 0 Å². The maximum absolute atomic E-state index is 5.56. The van der Waals surface area contributed by atoms with Crippen LogP contribution in [-0.4, -0.2) is 40.0 Å². The van der Waals surface area contributed by atoms with Gasteiger partial charge in [-0.3, -0.25) is 0 Å². The van der Waals surface area contributed by atoms with Gasteiger partial charge in [-0.25, -0.2) is 0 Å². The standard InChI is InChI=1S/C17H27NO2/c1-15-3-5-16(6-4-15)13-17(7-10-20-11-8-17)14-18-9-12-19-2/h3-6,18H,7-14H2,1-2H3. The second-order valence-electron chi connectivity index (χ2n) is 5.94. The van der Waals surface area contributed by atoms with Gasteiger partial charge in [-0.1, -0.05) is 29.8 Å². The number of hydrogen-bond acceptors (Lipinski definition) is 3. The normalized spacial score (nSPS) is 18.1. The molecule has 0 amide bonds. The molecule has 0 atom stereocenters. The number of methoxy groups -OCH3 is 1. The summed E-state index contributed by atoms with van der Waals surface area (Å²) in [5.74, 6) is 0. The van der Waals surface area contributed by atoms with Crippen LogP contribution in [0.3, 0.4) is 0 Å². The second kappa shape index (κ2) is 7.77. The predicted molar refractivity (Wildman–Crippen MR) is 82.1 cm³/mol. The first kappa shape index (κ1) is 15.5. The average Bonchev–Trinajstić information content (AvgIpc) is 2.47. The number of nitrogens with one attached hydrogen (secondary N) is 1. The Bertz CT molecular complexity index is 382. The van der Waals surface area contributed by atoms with Gasteiger partial charge in [-0.15, -0.1) is 0 Å². The van der Waals surface area contributed by atoms with Crippen LogP contribution in [0.25, 0.3) is 0 Å². The summed E-state index contributed by atoms with van der Waals surface area (Å²) in [6, 6.07) is 8.95. The molecular weight excluding hydrogens is 250 g/mol. The van der Waals surface area contributed by atoms with Crippen molar-refractivity contribution in [2.75, 3.05) is 40.0 Å². The lowest BCUT2D eigenvalue weighted by atomic mass is 9.75. The van der Waals surface area contributed by atoms with Crippen molar-refractivity contribution in [3.8, 4) is 0 Å². The van der Waals surface area contributed by atoms with E-state index in [2.05, 4.69) is 36.5 Å². The maximum Gasteiger partial charge on any atom is 0.0587 e. The molecule has 3 nitrogen and oxygen atoms in total. The third-order valence-electron chi connectivity index (χ3n) is 4.24. The van der Waals surface area contributed by atoms with Crippen LogP contribution in [0.2, 0.25) is 0 Å². The molecule has 1 N–H and O–H groups in total. The van der Waals surface area contributed by atoms with Crippen molar-refractivity contribution in [2.45, 2.75) is 26.2 Å². The van der Waals surface area contributed by atoms with Crippen molar-refractivity contribution < 1.29 is 9.47 Å². The third kappa shape index (κ3) is 4.58. The Labute approximate surface area is 122 Å². The molecule has 1 saturated heterocycles. The fraction of sp³-hybridized carbons (Fsp3) is 0.647. The van der Waals surface area contributed by atoms with Gasteiger partial charge in [-0.2, -0.15) is 0 Å². The fourth-order valence-electron chi connectivity index (χ4n) is 2.89. The lowest BCUT2D eigenvalue weighted by Crippen LogP contribution is -2.41. The molecule has 1 heterocycles. The molecule has 0 aromatic heterocycles. The van der Waals surface area contributed by atoms with Crippen molar-refractivity contribution in [3.63, 3.8) is 0 Å². The van der Waals surface area contributed by atoms with Crippen molar-refractivity contribution in [2.24, 2.45) is 5.41 Å². The summed E-state index contributed by atoms with van der Waals surface area (Å²) in [5.41, 5.74) is 3.10. The van der Waals surface area contributed by atoms with E-state index in [4.69, 9.17) is 9.47 Å². The summed E-state index contributed by atoms with van der Waals surface area (Å²) in [7, 11) is 1.75. The van der Waals surface area contributed by atoms with Crippen molar-refractivity contribution in [3.05, 3.63) is 35.4 Å². The van der Waals surface area contributed by atoms with E-state index in [9.17, 15) is 0 Å². The first-order valence-electron chi connectivity index (χ1n) is 7.57. The Balaban J connectivity index is 1.96. The number of benzene rings is 1. The van der Waals surface area contributed by atoms with Crippen LogP contribution in [0.1, 0.15) is 24.0 Å². The molecular formula is C17H27NO2. The highest BCUT2D eigenvalue weighted by molar-refractivity contribution is 5.22. The smallest absolute Gasteiger partial charge is 0.0587 e. The number of hydrogen-bond donors (Lipinski definition) is 1. The van der Waals surface area contributed by atoms with E-state index >= 15 is 0 Å².